The number of rotatable bonds is 7. The predicted octanol–water partition coefficient (Wildman–Crippen LogP) is 3.80. The van der Waals surface area contributed by atoms with Crippen molar-refractivity contribution in [2.45, 2.75) is 30.9 Å². The molecule has 2 N–H and O–H groups in total. The van der Waals surface area contributed by atoms with E-state index in [1.54, 1.807) is 24.3 Å². The number of ether oxygens (including phenoxy) is 1. The van der Waals surface area contributed by atoms with Crippen LogP contribution in [0.2, 0.25) is 0 Å². The van der Waals surface area contributed by atoms with E-state index in [0.717, 1.165) is 29.2 Å². The van der Waals surface area contributed by atoms with Crippen LogP contribution in [0.15, 0.2) is 53.8 Å². The third-order valence-corrected chi connectivity index (χ3v) is 5.14. The highest BCUT2D eigenvalue weighted by Gasteiger charge is 2.28. The van der Waals surface area contributed by atoms with E-state index < -0.39 is 24.6 Å². The second-order valence-electron chi connectivity index (χ2n) is 7.12. The summed E-state index contributed by atoms with van der Waals surface area (Å²) in [5.41, 5.74) is 7.61. The summed E-state index contributed by atoms with van der Waals surface area (Å²) in [4.78, 5) is 36.8. The second kappa shape index (κ2) is 11.0. The Labute approximate surface area is 197 Å². The molecule has 0 aliphatic carbocycles. The van der Waals surface area contributed by atoms with Crippen molar-refractivity contribution < 1.29 is 27.5 Å². The summed E-state index contributed by atoms with van der Waals surface area (Å²) in [5.74, 6) is -0.884. The van der Waals surface area contributed by atoms with Gasteiger partial charge in [0.15, 0.2) is 11.8 Å². The maximum Gasteiger partial charge on any atom is 0.422 e. The van der Waals surface area contributed by atoms with Gasteiger partial charge in [-0.2, -0.15) is 13.2 Å². The number of pyridine rings is 1. The Kier molecular flexibility index (Phi) is 8.05. The van der Waals surface area contributed by atoms with E-state index in [0.29, 0.717) is 16.5 Å². The Morgan fingerprint density at radius 2 is 1.53 bits per heavy atom. The first-order chi connectivity index (χ1) is 16.1. The number of carbonyl (C=O) groups excluding carboxylic acids is 2. The predicted molar refractivity (Wildman–Crippen MR) is 118 cm³/mol. The standard InChI is InChI=1S/C22H20F3N5O3S/c1-13-9-14(2)28-21(27-13)34-11-15-3-5-16(6-4-15)19(31)29-30-20(32)17-7-8-18(26-10-17)33-12-22(23,24)25/h3-10H,11-12H2,1-2H3,(H,29,31)(H,30,32). The molecule has 0 fully saturated rings. The molecular formula is C22H20F3N5O3S. The minimum absolute atomic E-state index is 0.0284. The van der Waals surface area contributed by atoms with Crippen molar-refractivity contribution in [3.05, 3.63) is 76.7 Å². The summed E-state index contributed by atoms with van der Waals surface area (Å²) >= 11 is 1.48. The molecule has 178 valence electrons. The van der Waals surface area contributed by atoms with E-state index in [2.05, 4.69) is 30.5 Å². The molecule has 2 heterocycles. The number of halogens is 3. The number of alkyl halides is 3. The number of hydrogen-bond acceptors (Lipinski definition) is 7. The quantitative estimate of drug-likeness (QED) is 0.294. The number of benzene rings is 1. The molecule has 12 heteroatoms. The highest BCUT2D eigenvalue weighted by Crippen LogP contribution is 2.20. The lowest BCUT2D eigenvalue weighted by molar-refractivity contribution is -0.154. The molecule has 1 aromatic carbocycles. The van der Waals surface area contributed by atoms with Crippen LogP contribution < -0.4 is 15.6 Å². The van der Waals surface area contributed by atoms with Crippen molar-refractivity contribution in [3.8, 4) is 5.88 Å². The molecule has 0 atom stereocenters. The van der Waals surface area contributed by atoms with E-state index in [-0.39, 0.29) is 11.4 Å². The topological polar surface area (TPSA) is 106 Å². The number of aryl methyl sites for hydroxylation is 2. The average Bonchev–Trinajstić information content (AvgIpc) is 2.79. The van der Waals surface area contributed by atoms with Crippen LogP contribution in [0.3, 0.4) is 0 Å². The molecule has 0 bridgehead atoms. The van der Waals surface area contributed by atoms with Gasteiger partial charge in [-0.15, -0.1) is 0 Å². The van der Waals surface area contributed by atoms with Gasteiger partial charge in [-0.1, -0.05) is 23.9 Å². The van der Waals surface area contributed by atoms with Gasteiger partial charge < -0.3 is 4.74 Å². The van der Waals surface area contributed by atoms with E-state index in [1.165, 1.54) is 17.8 Å². The Balaban J connectivity index is 1.48. The van der Waals surface area contributed by atoms with Crippen LogP contribution in [-0.2, 0) is 5.75 Å². The van der Waals surface area contributed by atoms with Crippen LogP contribution in [0.25, 0.3) is 0 Å². The number of thioether (sulfide) groups is 1. The van der Waals surface area contributed by atoms with Gasteiger partial charge in [0.1, 0.15) is 0 Å². The highest BCUT2D eigenvalue weighted by atomic mass is 32.2. The van der Waals surface area contributed by atoms with Crippen LogP contribution >= 0.6 is 11.8 Å². The lowest BCUT2D eigenvalue weighted by Crippen LogP contribution is -2.41. The summed E-state index contributed by atoms with van der Waals surface area (Å²) in [5, 5.41) is 0.677. The fraction of sp³-hybridized carbons (Fsp3) is 0.227. The molecule has 3 aromatic rings. The zero-order valence-electron chi connectivity index (χ0n) is 18.1. The van der Waals surface area contributed by atoms with Crippen molar-refractivity contribution in [1.82, 2.24) is 25.8 Å². The largest absolute Gasteiger partial charge is 0.468 e. The number of hydrazine groups is 1. The van der Waals surface area contributed by atoms with Gasteiger partial charge in [0.25, 0.3) is 11.8 Å². The summed E-state index contributed by atoms with van der Waals surface area (Å²) in [7, 11) is 0. The van der Waals surface area contributed by atoms with Crippen LogP contribution in [0.4, 0.5) is 13.2 Å². The first-order valence-corrected chi connectivity index (χ1v) is 10.9. The highest BCUT2D eigenvalue weighted by molar-refractivity contribution is 7.98. The fourth-order valence-electron chi connectivity index (χ4n) is 2.67. The molecule has 2 amide bonds. The molecule has 0 aliphatic rings. The number of carbonyl (C=O) groups is 2. The van der Waals surface area contributed by atoms with Crippen molar-refractivity contribution in [2.24, 2.45) is 0 Å². The van der Waals surface area contributed by atoms with Crippen molar-refractivity contribution in [1.29, 1.82) is 0 Å². The molecule has 0 spiro atoms. The van der Waals surface area contributed by atoms with Crippen LogP contribution in [-0.4, -0.2) is 39.5 Å². The SMILES string of the molecule is Cc1cc(C)nc(SCc2ccc(C(=O)NNC(=O)c3ccc(OCC(F)(F)F)nc3)cc2)n1. The molecule has 0 unspecified atom stereocenters. The second-order valence-corrected chi connectivity index (χ2v) is 8.06. The molecule has 0 saturated carbocycles. The van der Waals surface area contributed by atoms with E-state index in [9.17, 15) is 22.8 Å². The minimum Gasteiger partial charge on any atom is -0.468 e. The summed E-state index contributed by atoms with van der Waals surface area (Å²) in [6.45, 7) is 2.32. The van der Waals surface area contributed by atoms with Gasteiger partial charge in [0.2, 0.25) is 5.88 Å². The van der Waals surface area contributed by atoms with Gasteiger partial charge >= 0.3 is 6.18 Å². The van der Waals surface area contributed by atoms with E-state index in [4.69, 9.17) is 0 Å². The Morgan fingerprint density at radius 1 is 0.941 bits per heavy atom. The van der Waals surface area contributed by atoms with Crippen molar-refractivity contribution in [2.75, 3.05) is 6.61 Å². The average molecular weight is 491 g/mol. The number of hydrogen-bond donors (Lipinski definition) is 2. The first-order valence-electron chi connectivity index (χ1n) is 9.89. The van der Waals surface area contributed by atoms with Gasteiger partial charge in [0.05, 0.1) is 5.56 Å². The van der Waals surface area contributed by atoms with Crippen molar-refractivity contribution in [3.63, 3.8) is 0 Å². The summed E-state index contributed by atoms with van der Waals surface area (Å²) in [6.07, 6.45) is -3.45. The molecular weight excluding hydrogens is 471 g/mol. The van der Waals surface area contributed by atoms with Crippen molar-refractivity contribution >= 4 is 23.6 Å². The van der Waals surface area contributed by atoms with Crippen LogP contribution in [0.5, 0.6) is 5.88 Å². The Hall–Kier alpha value is -3.67. The van der Waals surface area contributed by atoms with Crippen LogP contribution in [0, 0.1) is 13.8 Å². The van der Waals surface area contributed by atoms with Gasteiger partial charge in [0, 0.05) is 35.0 Å². The monoisotopic (exact) mass is 491 g/mol. The maximum atomic E-state index is 12.3. The number of aromatic nitrogens is 3. The number of amides is 2. The van der Waals surface area contributed by atoms with E-state index >= 15 is 0 Å². The Bertz CT molecular complexity index is 1140. The molecule has 8 nitrogen and oxygen atoms in total. The molecule has 2 aromatic heterocycles. The first kappa shape index (κ1) is 25.0. The zero-order valence-corrected chi connectivity index (χ0v) is 19.0. The van der Waals surface area contributed by atoms with Gasteiger partial charge in [-0.3, -0.25) is 20.4 Å². The third kappa shape index (κ3) is 7.73. The summed E-state index contributed by atoms with van der Waals surface area (Å²) < 4.78 is 41.0. The maximum absolute atomic E-state index is 12.3. The molecule has 0 saturated heterocycles. The van der Waals surface area contributed by atoms with Gasteiger partial charge in [-0.25, -0.2) is 15.0 Å². The molecule has 3 rings (SSSR count). The summed E-state index contributed by atoms with van der Waals surface area (Å²) in [6, 6.07) is 11.1. The number of nitrogens with one attached hydrogen (secondary N) is 2. The smallest absolute Gasteiger partial charge is 0.422 e. The molecule has 34 heavy (non-hydrogen) atoms. The lowest BCUT2D eigenvalue weighted by atomic mass is 10.1. The third-order valence-electron chi connectivity index (χ3n) is 4.22. The van der Waals surface area contributed by atoms with Gasteiger partial charge in [-0.05, 0) is 43.7 Å². The van der Waals surface area contributed by atoms with E-state index in [1.807, 2.05) is 19.9 Å². The van der Waals surface area contributed by atoms with Crippen LogP contribution in [0.1, 0.15) is 37.7 Å². The minimum atomic E-state index is -4.49. The fourth-order valence-corrected chi connectivity index (χ4v) is 3.58. The normalized spacial score (nSPS) is 11.1. The molecule has 0 radical (unpaired) electrons. The lowest BCUT2D eigenvalue weighted by Gasteiger charge is -2.10. The zero-order chi connectivity index (χ0) is 24.7. The Morgan fingerprint density at radius 3 is 2.09 bits per heavy atom. The molecule has 0 aliphatic heterocycles. The number of nitrogens with zero attached hydrogens (tertiary/aromatic N) is 3.